The molecule has 2 heterocycles. The van der Waals surface area contributed by atoms with Gasteiger partial charge >= 0.3 is 12.3 Å². The minimum absolute atomic E-state index is 0.140. The number of aryl methyl sites for hydroxylation is 1. The number of ether oxygens (including phenoxy) is 1. The van der Waals surface area contributed by atoms with Gasteiger partial charge in [0.25, 0.3) is 0 Å². The number of amides is 1. The molecule has 3 rings (SSSR count). The minimum Gasteiger partial charge on any atom is -0.440 e. The van der Waals surface area contributed by atoms with Crippen molar-refractivity contribution < 1.29 is 22.7 Å². The first kappa shape index (κ1) is 22.3. The predicted molar refractivity (Wildman–Crippen MR) is 108 cm³/mol. The number of benzene rings is 1. The number of halogens is 3. The van der Waals surface area contributed by atoms with Crippen LogP contribution in [-0.2, 0) is 4.74 Å². The Morgan fingerprint density at radius 1 is 1.17 bits per heavy atom. The van der Waals surface area contributed by atoms with E-state index in [0.717, 1.165) is 43.1 Å². The molecule has 0 unspecified atom stereocenters. The molecule has 1 aliphatic heterocycles. The number of nitrogens with one attached hydrogen (secondary N) is 1. The molecule has 0 radical (unpaired) electrons. The lowest BCUT2D eigenvalue weighted by Crippen LogP contribution is -2.31. The second-order valence-electron chi connectivity index (χ2n) is 6.97. The molecule has 11 heteroatoms. The number of carbonyl (C=O) groups is 1. The summed E-state index contributed by atoms with van der Waals surface area (Å²) >= 11 is 1.37. The highest BCUT2D eigenvalue weighted by Gasteiger charge is 2.29. The van der Waals surface area contributed by atoms with Gasteiger partial charge in [0, 0.05) is 25.4 Å². The van der Waals surface area contributed by atoms with Gasteiger partial charge in [0.1, 0.15) is 0 Å². The van der Waals surface area contributed by atoms with E-state index >= 15 is 0 Å². The molecular formula is C19H24F3N5O2S. The second-order valence-corrected chi connectivity index (χ2v) is 8.03. The second kappa shape index (κ2) is 10.1. The maximum Gasteiger partial charge on any atom is 0.422 e. The van der Waals surface area contributed by atoms with Crippen LogP contribution in [0.4, 0.5) is 23.9 Å². The van der Waals surface area contributed by atoms with Crippen LogP contribution in [0.15, 0.2) is 29.4 Å². The third kappa shape index (κ3) is 6.28. The SMILES string of the molecule is Cc1ccc(-n2c(SCCNC(=O)OCC(F)(F)F)nnc2N2CCCCC2)cc1. The van der Waals surface area contributed by atoms with Gasteiger partial charge in [-0.2, -0.15) is 13.2 Å². The van der Waals surface area contributed by atoms with Crippen LogP contribution in [0.1, 0.15) is 24.8 Å². The standard InChI is InChI=1S/C19H24F3N5O2S/c1-14-5-7-15(8-6-14)27-16(26-10-3-2-4-11-26)24-25-17(27)30-12-9-23-18(28)29-13-19(20,21)22/h5-8H,2-4,9-13H2,1H3,(H,23,28). The smallest absolute Gasteiger partial charge is 0.422 e. The van der Waals surface area contributed by atoms with Gasteiger partial charge in [-0.15, -0.1) is 10.2 Å². The number of thioether (sulfide) groups is 1. The zero-order valence-corrected chi connectivity index (χ0v) is 17.4. The molecule has 7 nitrogen and oxygen atoms in total. The molecule has 1 N–H and O–H groups in total. The molecule has 0 spiro atoms. The summed E-state index contributed by atoms with van der Waals surface area (Å²) in [5.41, 5.74) is 2.08. The van der Waals surface area contributed by atoms with Crippen molar-refractivity contribution in [2.75, 3.05) is 36.9 Å². The molecule has 0 bridgehead atoms. The Labute approximate surface area is 177 Å². The van der Waals surface area contributed by atoms with Crippen molar-refractivity contribution in [3.05, 3.63) is 29.8 Å². The molecule has 0 atom stereocenters. The van der Waals surface area contributed by atoms with Crippen molar-refractivity contribution in [1.29, 1.82) is 0 Å². The van der Waals surface area contributed by atoms with Crippen molar-refractivity contribution in [2.45, 2.75) is 37.5 Å². The van der Waals surface area contributed by atoms with Crippen molar-refractivity contribution in [1.82, 2.24) is 20.1 Å². The van der Waals surface area contributed by atoms with Crippen LogP contribution in [0.3, 0.4) is 0 Å². The Morgan fingerprint density at radius 3 is 2.53 bits per heavy atom. The molecule has 1 saturated heterocycles. The number of piperidine rings is 1. The minimum atomic E-state index is -4.54. The summed E-state index contributed by atoms with van der Waals surface area (Å²) in [4.78, 5) is 13.6. The number of carbonyl (C=O) groups excluding carboxylic acids is 1. The van der Waals surface area contributed by atoms with Crippen molar-refractivity contribution >= 4 is 23.8 Å². The first-order valence-electron chi connectivity index (χ1n) is 9.71. The molecule has 1 fully saturated rings. The molecular weight excluding hydrogens is 419 g/mol. The summed E-state index contributed by atoms with van der Waals surface area (Å²) in [6.45, 7) is 2.39. The van der Waals surface area contributed by atoms with Gasteiger partial charge in [-0.1, -0.05) is 29.5 Å². The highest BCUT2D eigenvalue weighted by molar-refractivity contribution is 7.99. The number of aromatic nitrogens is 3. The van der Waals surface area contributed by atoms with Crippen LogP contribution in [0, 0.1) is 6.92 Å². The summed E-state index contributed by atoms with van der Waals surface area (Å²) in [7, 11) is 0. The van der Waals surface area contributed by atoms with E-state index in [9.17, 15) is 18.0 Å². The summed E-state index contributed by atoms with van der Waals surface area (Å²) in [6.07, 6.45) is -2.23. The van der Waals surface area contributed by atoms with Crippen LogP contribution >= 0.6 is 11.8 Å². The fourth-order valence-electron chi connectivity index (χ4n) is 3.07. The average molecular weight is 443 g/mol. The van der Waals surface area contributed by atoms with E-state index in [1.165, 1.54) is 18.2 Å². The van der Waals surface area contributed by atoms with Crippen LogP contribution in [0.5, 0.6) is 0 Å². The molecule has 164 valence electrons. The van der Waals surface area contributed by atoms with Gasteiger partial charge in [0.15, 0.2) is 11.8 Å². The molecule has 1 aliphatic rings. The first-order valence-corrected chi connectivity index (χ1v) is 10.7. The maximum atomic E-state index is 12.1. The normalized spacial score (nSPS) is 14.6. The Balaban J connectivity index is 1.65. The van der Waals surface area contributed by atoms with Crippen LogP contribution in [0.2, 0.25) is 0 Å². The lowest BCUT2D eigenvalue weighted by atomic mass is 10.1. The quantitative estimate of drug-likeness (QED) is 0.516. The van der Waals surface area contributed by atoms with E-state index in [4.69, 9.17) is 0 Å². The predicted octanol–water partition coefficient (Wildman–Crippen LogP) is 3.95. The van der Waals surface area contributed by atoms with Gasteiger partial charge in [-0.3, -0.25) is 4.57 Å². The lowest BCUT2D eigenvalue weighted by Gasteiger charge is -2.27. The van der Waals surface area contributed by atoms with E-state index < -0.39 is 18.9 Å². The van der Waals surface area contributed by atoms with Crippen molar-refractivity contribution in [3.8, 4) is 5.69 Å². The van der Waals surface area contributed by atoms with Gasteiger partial charge in [0.05, 0.1) is 5.69 Å². The van der Waals surface area contributed by atoms with Crippen molar-refractivity contribution in [3.63, 3.8) is 0 Å². The van der Waals surface area contributed by atoms with E-state index in [-0.39, 0.29) is 6.54 Å². The van der Waals surface area contributed by atoms with E-state index in [1.807, 2.05) is 35.8 Å². The van der Waals surface area contributed by atoms with Crippen LogP contribution in [-0.4, -0.2) is 59.0 Å². The molecule has 1 aromatic heterocycles. The molecule has 0 aliphatic carbocycles. The average Bonchev–Trinajstić information content (AvgIpc) is 3.14. The monoisotopic (exact) mass is 443 g/mol. The largest absolute Gasteiger partial charge is 0.440 e. The highest BCUT2D eigenvalue weighted by atomic mass is 32.2. The van der Waals surface area contributed by atoms with E-state index in [0.29, 0.717) is 10.9 Å². The van der Waals surface area contributed by atoms with Gasteiger partial charge in [-0.25, -0.2) is 4.79 Å². The Morgan fingerprint density at radius 2 is 1.87 bits per heavy atom. The Bertz CT molecular complexity index is 836. The number of nitrogens with zero attached hydrogens (tertiary/aromatic N) is 4. The summed E-state index contributed by atoms with van der Waals surface area (Å²) in [5.74, 6) is 1.18. The summed E-state index contributed by atoms with van der Waals surface area (Å²) in [5, 5.41) is 11.7. The molecule has 1 aromatic carbocycles. The fourth-order valence-corrected chi connectivity index (χ4v) is 3.87. The summed E-state index contributed by atoms with van der Waals surface area (Å²) < 4.78 is 42.3. The summed E-state index contributed by atoms with van der Waals surface area (Å²) in [6, 6.07) is 8.04. The highest BCUT2D eigenvalue weighted by Crippen LogP contribution is 2.28. The zero-order chi connectivity index (χ0) is 21.6. The number of rotatable bonds is 7. The molecule has 1 amide bonds. The van der Waals surface area contributed by atoms with Gasteiger partial charge in [0.2, 0.25) is 5.95 Å². The van der Waals surface area contributed by atoms with Crippen molar-refractivity contribution in [2.24, 2.45) is 0 Å². The number of alkyl carbamates (subject to hydrolysis) is 1. The first-order chi connectivity index (χ1) is 14.3. The van der Waals surface area contributed by atoms with Crippen LogP contribution < -0.4 is 10.2 Å². The third-order valence-corrected chi connectivity index (χ3v) is 5.45. The molecule has 30 heavy (non-hydrogen) atoms. The number of hydrogen-bond acceptors (Lipinski definition) is 6. The van der Waals surface area contributed by atoms with Gasteiger partial charge < -0.3 is 15.0 Å². The number of anilines is 1. The fraction of sp³-hybridized carbons (Fsp3) is 0.526. The Hall–Kier alpha value is -2.43. The third-order valence-electron chi connectivity index (χ3n) is 4.52. The van der Waals surface area contributed by atoms with Gasteiger partial charge in [-0.05, 0) is 38.3 Å². The zero-order valence-electron chi connectivity index (χ0n) is 16.6. The molecule has 2 aromatic rings. The topological polar surface area (TPSA) is 72.3 Å². The maximum absolute atomic E-state index is 12.1. The molecule has 0 saturated carbocycles. The number of alkyl halides is 3. The number of hydrogen-bond donors (Lipinski definition) is 1. The van der Waals surface area contributed by atoms with E-state index in [1.54, 1.807) is 0 Å². The lowest BCUT2D eigenvalue weighted by molar-refractivity contribution is -0.160. The van der Waals surface area contributed by atoms with Crippen LogP contribution in [0.25, 0.3) is 5.69 Å². The Kier molecular flexibility index (Phi) is 7.46. The van der Waals surface area contributed by atoms with E-state index in [2.05, 4.69) is 25.2 Å².